The molecule has 80 valence electrons. The van der Waals surface area contributed by atoms with Crippen LogP contribution in [0.15, 0.2) is 42.0 Å². The molecule has 0 saturated heterocycles. The summed E-state index contributed by atoms with van der Waals surface area (Å²) in [6.45, 7) is 0. The Kier molecular flexibility index (Phi) is 4.86. The first kappa shape index (κ1) is 13.6. The summed E-state index contributed by atoms with van der Waals surface area (Å²) in [6, 6.07) is 0. The standard InChI is InChI=1S/C14H18N.Li/c1-15(2)14(10-6-3-7-11-14)12-13-8-4-5-9-13;/h3-4,6-8,10H,5,11-12H2,1-2H3;/q-1;+1. The van der Waals surface area contributed by atoms with E-state index in [0.29, 0.717) is 0 Å². The maximum Gasteiger partial charge on any atom is 1.00 e. The van der Waals surface area contributed by atoms with E-state index in [1.165, 1.54) is 5.57 Å². The summed E-state index contributed by atoms with van der Waals surface area (Å²) in [5.41, 5.74) is 1.51. The molecule has 2 rings (SSSR count). The number of rotatable bonds is 3. The Morgan fingerprint density at radius 2 is 2.12 bits per heavy atom. The van der Waals surface area contributed by atoms with Crippen LogP contribution in [0.3, 0.4) is 0 Å². The van der Waals surface area contributed by atoms with Crippen molar-refractivity contribution in [2.75, 3.05) is 14.1 Å². The minimum atomic E-state index is 0. The van der Waals surface area contributed by atoms with E-state index in [2.05, 4.69) is 61.5 Å². The van der Waals surface area contributed by atoms with E-state index in [9.17, 15) is 0 Å². The third-order valence-corrected chi connectivity index (χ3v) is 3.28. The fourth-order valence-corrected chi connectivity index (χ4v) is 2.18. The van der Waals surface area contributed by atoms with E-state index >= 15 is 0 Å². The molecule has 0 aromatic heterocycles. The molecule has 0 saturated carbocycles. The zero-order valence-electron chi connectivity index (χ0n) is 10.5. The second-order valence-corrected chi connectivity index (χ2v) is 4.47. The van der Waals surface area contributed by atoms with Crippen molar-refractivity contribution < 1.29 is 18.9 Å². The minimum Gasteiger partial charge on any atom is -0.300 e. The van der Waals surface area contributed by atoms with Gasteiger partial charge in [-0.15, -0.1) is 6.42 Å². The molecule has 0 heterocycles. The molecule has 0 amide bonds. The van der Waals surface area contributed by atoms with E-state index in [1.54, 1.807) is 0 Å². The van der Waals surface area contributed by atoms with Crippen molar-refractivity contribution in [3.8, 4) is 0 Å². The van der Waals surface area contributed by atoms with E-state index in [-0.39, 0.29) is 24.4 Å². The molecule has 0 aliphatic heterocycles. The third kappa shape index (κ3) is 2.80. The van der Waals surface area contributed by atoms with Gasteiger partial charge < -0.3 is 0 Å². The average molecular weight is 207 g/mol. The van der Waals surface area contributed by atoms with Crippen LogP contribution >= 0.6 is 0 Å². The summed E-state index contributed by atoms with van der Waals surface area (Å²) in [7, 11) is 4.31. The van der Waals surface area contributed by atoms with Gasteiger partial charge in [-0.05, 0) is 26.9 Å². The topological polar surface area (TPSA) is 3.24 Å². The van der Waals surface area contributed by atoms with Crippen molar-refractivity contribution in [1.29, 1.82) is 0 Å². The number of hydrogen-bond donors (Lipinski definition) is 0. The van der Waals surface area contributed by atoms with Crippen LogP contribution in [0.25, 0.3) is 0 Å². The van der Waals surface area contributed by atoms with Crippen molar-refractivity contribution in [3.63, 3.8) is 0 Å². The maximum absolute atomic E-state index is 3.40. The Morgan fingerprint density at radius 1 is 1.31 bits per heavy atom. The molecule has 16 heavy (non-hydrogen) atoms. The Balaban J connectivity index is 0.00000128. The largest absolute Gasteiger partial charge is 1.00 e. The molecule has 1 nitrogen and oxygen atoms in total. The summed E-state index contributed by atoms with van der Waals surface area (Å²) in [5.74, 6) is 0. The predicted octanol–water partition coefficient (Wildman–Crippen LogP) is -0.114. The first-order chi connectivity index (χ1) is 7.23. The van der Waals surface area contributed by atoms with Gasteiger partial charge in [0.2, 0.25) is 0 Å². The molecule has 0 bridgehead atoms. The Morgan fingerprint density at radius 3 is 2.62 bits per heavy atom. The molecule has 1 unspecified atom stereocenters. The van der Waals surface area contributed by atoms with Gasteiger partial charge in [0.25, 0.3) is 0 Å². The van der Waals surface area contributed by atoms with Crippen molar-refractivity contribution in [2.24, 2.45) is 0 Å². The van der Waals surface area contributed by atoms with E-state index in [0.717, 1.165) is 19.3 Å². The Labute approximate surface area is 111 Å². The average Bonchev–Trinajstić information content (AvgIpc) is 2.71. The van der Waals surface area contributed by atoms with Gasteiger partial charge in [0.1, 0.15) is 0 Å². The third-order valence-electron chi connectivity index (χ3n) is 3.28. The zero-order valence-corrected chi connectivity index (χ0v) is 10.5. The summed E-state index contributed by atoms with van der Waals surface area (Å²) < 4.78 is 0. The maximum atomic E-state index is 3.40. The van der Waals surface area contributed by atoms with Gasteiger partial charge in [0, 0.05) is 5.54 Å². The zero-order chi connectivity index (χ0) is 10.7. The van der Waals surface area contributed by atoms with Crippen molar-refractivity contribution in [3.05, 3.63) is 48.1 Å². The quantitative estimate of drug-likeness (QED) is 0.461. The van der Waals surface area contributed by atoms with Gasteiger partial charge in [-0.2, -0.15) is 6.08 Å². The second kappa shape index (κ2) is 5.73. The van der Waals surface area contributed by atoms with Gasteiger partial charge in [-0.25, -0.2) is 11.6 Å². The molecule has 0 spiro atoms. The Bertz CT molecular complexity index is 350. The van der Waals surface area contributed by atoms with Crippen molar-refractivity contribution in [1.82, 2.24) is 4.90 Å². The molecule has 0 aromatic carbocycles. The SMILES string of the molecule is CN(C)C1(CC2=[C-]CC=C2)C=CC=CC1.[Li+]. The first-order valence-corrected chi connectivity index (χ1v) is 5.51. The molecule has 0 aromatic rings. The Hall–Kier alpha value is -0.483. The number of nitrogens with zero attached hydrogens (tertiary/aromatic N) is 1. The van der Waals surface area contributed by atoms with Crippen molar-refractivity contribution in [2.45, 2.75) is 24.8 Å². The van der Waals surface area contributed by atoms with Crippen LogP contribution in [0.1, 0.15) is 19.3 Å². The van der Waals surface area contributed by atoms with E-state index < -0.39 is 0 Å². The molecule has 0 fully saturated rings. The predicted molar refractivity (Wildman–Crippen MR) is 64.4 cm³/mol. The van der Waals surface area contributed by atoms with E-state index in [1.807, 2.05) is 0 Å². The van der Waals surface area contributed by atoms with Crippen LogP contribution in [0.5, 0.6) is 0 Å². The normalized spacial score (nSPS) is 27.1. The van der Waals surface area contributed by atoms with Gasteiger partial charge in [-0.3, -0.25) is 11.0 Å². The summed E-state index contributed by atoms with van der Waals surface area (Å²) in [6.07, 6.45) is 19.8. The summed E-state index contributed by atoms with van der Waals surface area (Å²) >= 11 is 0. The number of hydrogen-bond acceptors (Lipinski definition) is 1. The van der Waals surface area contributed by atoms with Crippen LogP contribution in [0, 0.1) is 6.08 Å². The number of allylic oxidation sites excluding steroid dienone is 5. The smallest absolute Gasteiger partial charge is 0.300 e. The molecular formula is C14H18LiN. The van der Waals surface area contributed by atoms with Gasteiger partial charge in [0.15, 0.2) is 0 Å². The van der Waals surface area contributed by atoms with Crippen LogP contribution in [-0.4, -0.2) is 24.5 Å². The van der Waals surface area contributed by atoms with Gasteiger partial charge in [0.05, 0.1) is 0 Å². The second-order valence-electron chi connectivity index (χ2n) is 4.47. The van der Waals surface area contributed by atoms with Crippen molar-refractivity contribution >= 4 is 0 Å². The summed E-state index contributed by atoms with van der Waals surface area (Å²) in [4.78, 5) is 2.31. The molecule has 0 N–H and O–H groups in total. The summed E-state index contributed by atoms with van der Waals surface area (Å²) in [5, 5.41) is 0. The first-order valence-electron chi connectivity index (χ1n) is 5.51. The van der Waals surface area contributed by atoms with Crippen LogP contribution in [-0.2, 0) is 0 Å². The van der Waals surface area contributed by atoms with Crippen LogP contribution in [0.4, 0.5) is 0 Å². The van der Waals surface area contributed by atoms with Crippen LogP contribution < -0.4 is 18.9 Å². The fourth-order valence-electron chi connectivity index (χ4n) is 2.18. The minimum absolute atomic E-state index is 0. The molecule has 0 radical (unpaired) electrons. The number of likely N-dealkylation sites (N-methyl/N-ethyl adjacent to an activating group) is 1. The van der Waals surface area contributed by atoms with E-state index in [4.69, 9.17) is 0 Å². The molecular weight excluding hydrogens is 189 g/mol. The van der Waals surface area contributed by atoms with Gasteiger partial charge >= 0.3 is 18.9 Å². The molecule has 1 atom stereocenters. The van der Waals surface area contributed by atoms with Crippen LogP contribution in [0.2, 0.25) is 0 Å². The molecule has 2 aliphatic rings. The fraction of sp³-hybridized carbons (Fsp3) is 0.429. The molecule has 2 aliphatic carbocycles. The van der Waals surface area contributed by atoms with Gasteiger partial charge in [-0.1, -0.05) is 24.3 Å². The monoisotopic (exact) mass is 207 g/mol. The molecule has 2 heteroatoms.